The summed E-state index contributed by atoms with van der Waals surface area (Å²) in [6.07, 6.45) is 1.27. The van der Waals surface area contributed by atoms with Crippen molar-refractivity contribution in [2.45, 2.75) is 19.9 Å². The monoisotopic (exact) mass is 265 g/mol. The van der Waals surface area contributed by atoms with Crippen LogP contribution in [0.2, 0.25) is 0 Å². The van der Waals surface area contributed by atoms with E-state index in [2.05, 4.69) is 11.0 Å². The van der Waals surface area contributed by atoms with E-state index in [0.717, 1.165) is 36.3 Å². The van der Waals surface area contributed by atoms with Crippen LogP contribution in [0.4, 0.5) is 0 Å². The SMILES string of the molecule is Cc1ccc(C(=O)c2ccccc2CN2CCC2)cc1. The first-order valence-corrected chi connectivity index (χ1v) is 7.16. The topological polar surface area (TPSA) is 20.3 Å². The van der Waals surface area contributed by atoms with Crippen LogP contribution in [0, 0.1) is 6.92 Å². The van der Waals surface area contributed by atoms with Crippen molar-refractivity contribution in [1.82, 2.24) is 4.90 Å². The Bertz CT molecular complexity index is 612. The highest BCUT2D eigenvalue weighted by molar-refractivity contribution is 6.09. The average Bonchev–Trinajstić information content (AvgIpc) is 2.43. The van der Waals surface area contributed by atoms with Gasteiger partial charge < -0.3 is 0 Å². The molecular weight excluding hydrogens is 246 g/mol. The molecule has 2 aromatic carbocycles. The minimum atomic E-state index is 0.126. The van der Waals surface area contributed by atoms with Crippen molar-refractivity contribution >= 4 is 5.78 Å². The summed E-state index contributed by atoms with van der Waals surface area (Å²) >= 11 is 0. The van der Waals surface area contributed by atoms with Crippen LogP contribution in [0.3, 0.4) is 0 Å². The second kappa shape index (κ2) is 5.59. The van der Waals surface area contributed by atoms with E-state index in [9.17, 15) is 4.79 Å². The predicted molar refractivity (Wildman–Crippen MR) is 80.9 cm³/mol. The van der Waals surface area contributed by atoms with Crippen LogP contribution in [0.5, 0.6) is 0 Å². The molecule has 0 amide bonds. The van der Waals surface area contributed by atoms with Crippen LogP contribution in [-0.2, 0) is 6.54 Å². The fraction of sp³-hybridized carbons (Fsp3) is 0.278. The molecule has 0 N–H and O–H groups in total. The second-order valence-corrected chi connectivity index (χ2v) is 5.48. The lowest BCUT2D eigenvalue weighted by Crippen LogP contribution is -2.36. The number of aryl methyl sites for hydroxylation is 1. The van der Waals surface area contributed by atoms with E-state index in [1.165, 1.54) is 12.0 Å². The summed E-state index contributed by atoms with van der Waals surface area (Å²) in [5.74, 6) is 0.126. The van der Waals surface area contributed by atoms with Gasteiger partial charge in [-0.15, -0.1) is 0 Å². The summed E-state index contributed by atoms with van der Waals surface area (Å²) in [6, 6.07) is 15.8. The number of carbonyl (C=O) groups excluding carboxylic acids is 1. The predicted octanol–water partition coefficient (Wildman–Crippen LogP) is 3.43. The maximum absolute atomic E-state index is 12.6. The van der Waals surface area contributed by atoms with Crippen molar-refractivity contribution in [2.75, 3.05) is 13.1 Å². The smallest absolute Gasteiger partial charge is 0.193 e. The Morgan fingerprint density at radius 3 is 2.40 bits per heavy atom. The Labute approximate surface area is 120 Å². The van der Waals surface area contributed by atoms with Gasteiger partial charge in [0.05, 0.1) is 0 Å². The normalized spacial score (nSPS) is 14.8. The van der Waals surface area contributed by atoms with Gasteiger partial charge in [-0.1, -0.05) is 54.1 Å². The van der Waals surface area contributed by atoms with E-state index in [4.69, 9.17) is 0 Å². The van der Waals surface area contributed by atoms with Crippen LogP contribution >= 0.6 is 0 Å². The van der Waals surface area contributed by atoms with Gasteiger partial charge >= 0.3 is 0 Å². The molecule has 0 spiro atoms. The van der Waals surface area contributed by atoms with E-state index in [0.29, 0.717) is 0 Å². The van der Waals surface area contributed by atoms with Gasteiger partial charge in [-0.05, 0) is 32.0 Å². The third kappa shape index (κ3) is 2.66. The van der Waals surface area contributed by atoms with Crippen LogP contribution < -0.4 is 0 Å². The van der Waals surface area contributed by atoms with Gasteiger partial charge in [-0.2, -0.15) is 0 Å². The molecule has 3 rings (SSSR count). The summed E-state index contributed by atoms with van der Waals surface area (Å²) < 4.78 is 0. The number of likely N-dealkylation sites (tertiary alicyclic amines) is 1. The minimum absolute atomic E-state index is 0.126. The summed E-state index contributed by atoms with van der Waals surface area (Å²) in [6.45, 7) is 5.21. The van der Waals surface area contributed by atoms with Crippen LogP contribution in [0.25, 0.3) is 0 Å². The van der Waals surface area contributed by atoms with E-state index >= 15 is 0 Å². The van der Waals surface area contributed by atoms with Crippen molar-refractivity contribution in [3.8, 4) is 0 Å². The Kier molecular flexibility index (Phi) is 3.66. The molecule has 0 aliphatic carbocycles. The van der Waals surface area contributed by atoms with Gasteiger partial charge in [-0.3, -0.25) is 9.69 Å². The first-order chi connectivity index (χ1) is 9.74. The maximum Gasteiger partial charge on any atom is 0.193 e. The molecule has 0 atom stereocenters. The first kappa shape index (κ1) is 13.1. The zero-order valence-electron chi connectivity index (χ0n) is 11.8. The molecular formula is C18H19NO. The third-order valence-electron chi connectivity index (χ3n) is 3.92. The molecule has 1 aliphatic rings. The van der Waals surface area contributed by atoms with E-state index in [-0.39, 0.29) is 5.78 Å². The summed E-state index contributed by atoms with van der Waals surface area (Å²) in [7, 11) is 0. The zero-order chi connectivity index (χ0) is 13.9. The van der Waals surface area contributed by atoms with Gasteiger partial charge in [0.25, 0.3) is 0 Å². The molecule has 0 bridgehead atoms. The van der Waals surface area contributed by atoms with Crippen LogP contribution in [0.1, 0.15) is 33.5 Å². The number of benzene rings is 2. The molecule has 0 radical (unpaired) electrons. The van der Waals surface area contributed by atoms with Crippen molar-refractivity contribution in [1.29, 1.82) is 0 Å². The molecule has 0 saturated carbocycles. The Hall–Kier alpha value is -1.93. The summed E-state index contributed by atoms with van der Waals surface area (Å²) in [4.78, 5) is 15.0. The fourth-order valence-corrected chi connectivity index (χ4v) is 2.52. The molecule has 1 saturated heterocycles. The number of nitrogens with zero attached hydrogens (tertiary/aromatic N) is 1. The quantitative estimate of drug-likeness (QED) is 0.789. The average molecular weight is 265 g/mol. The van der Waals surface area contributed by atoms with Gasteiger partial charge in [0.1, 0.15) is 0 Å². The molecule has 2 nitrogen and oxygen atoms in total. The lowest BCUT2D eigenvalue weighted by molar-refractivity contribution is 0.103. The second-order valence-electron chi connectivity index (χ2n) is 5.48. The van der Waals surface area contributed by atoms with Crippen molar-refractivity contribution in [2.24, 2.45) is 0 Å². The zero-order valence-corrected chi connectivity index (χ0v) is 11.8. The van der Waals surface area contributed by atoms with Crippen LogP contribution in [0.15, 0.2) is 48.5 Å². The van der Waals surface area contributed by atoms with Crippen LogP contribution in [-0.4, -0.2) is 23.8 Å². The van der Waals surface area contributed by atoms with Crippen molar-refractivity contribution in [3.63, 3.8) is 0 Å². The number of rotatable bonds is 4. The number of hydrogen-bond donors (Lipinski definition) is 0. The molecule has 1 heterocycles. The lowest BCUT2D eigenvalue weighted by atomic mass is 9.97. The third-order valence-corrected chi connectivity index (χ3v) is 3.92. The molecule has 20 heavy (non-hydrogen) atoms. The maximum atomic E-state index is 12.6. The highest BCUT2D eigenvalue weighted by Gasteiger charge is 2.18. The summed E-state index contributed by atoms with van der Waals surface area (Å²) in [5.41, 5.74) is 3.92. The number of ketones is 1. The van der Waals surface area contributed by atoms with Gasteiger partial charge in [0.2, 0.25) is 0 Å². The van der Waals surface area contributed by atoms with Gasteiger partial charge in [-0.25, -0.2) is 0 Å². The summed E-state index contributed by atoms with van der Waals surface area (Å²) in [5, 5.41) is 0. The Morgan fingerprint density at radius 2 is 1.75 bits per heavy atom. The molecule has 1 fully saturated rings. The molecule has 2 heteroatoms. The Balaban J connectivity index is 1.88. The molecule has 2 aromatic rings. The Morgan fingerprint density at radius 1 is 1.05 bits per heavy atom. The fourth-order valence-electron chi connectivity index (χ4n) is 2.52. The van der Waals surface area contributed by atoms with E-state index in [1.54, 1.807) is 0 Å². The number of carbonyl (C=O) groups is 1. The lowest BCUT2D eigenvalue weighted by Gasteiger charge is -2.31. The highest BCUT2D eigenvalue weighted by Crippen LogP contribution is 2.19. The standard InChI is InChI=1S/C18H19NO/c1-14-7-9-15(10-8-14)18(20)17-6-3-2-5-16(17)13-19-11-4-12-19/h2-3,5-10H,4,11-13H2,1H3. The van der Waals surface area contributed by atoms with E-state index < -0.39 is 0 Å². The molecule has 1 aliphatic heterocycles. The number of hydrogen-bond acceptors (Lipinski definition) is 2. The van der Waals surface area contributed by atoms with Crippen molar-refractivity contribution < 1.29 is 4.79 Å². The van der Waals surface area contributed by atoms with Gasteiger partial charge in [0, 0.05) is 17.7 Å². The molecule has 0 aromatic heterocycles. The largest absolute Gasteiger partial charge is 0.299 e. The minimum Gasteiger partial charge on any atom is -0.299 e. The first-order valence-electron chi connectivity index (χ1n) is 7.16. The highest BCUT2D eigenvalue weighted by atomic mass is 16.1. The molecule has 102 valence electrons. The van der Waals surface area contributed by atoms with Gasteiger partial charge in [0.15, 0.2) is 5.78 Å². The molecule has 0 unspecified atom stereocenters. The van der Waals surface area contributed by atoms with Crippen molar-refractivity contribution in [3.05, 3.63) is 70.8 Å². The van der Waals surface area contributed by atoms with E-state index in [1.807, 2.05) is 49.4 Å².